The van der Waals surface area contributed by atoms with Gasteiger partial charge in [0.15, 0.2) is 0 Å². The molecule has 2 aliphatic heterocycles. The molecule has 2 aromatic rings. The molecule has 1 aromatic carbocycles. The van der Waals surface area contributed by atoms with Crippen LogP contribution < -0.4 is 5.32 Å². The van der Waals surface area contributed by atoms with Crippen LogP contribution in [0.25, 0.3) is 11.0 Å². The van der Waals surface area contributed by atoms with Gasteiger partial charge in [0, 0.05) is 17.5 Å². The standard InChI is InChI=1S/C16H19NO2/c1-10-3-2-4-11-7-14(19-15(10)11)16(18)8-12-5-6-13(9-16)17-12/h2-4,7,12-13,17-18H,5-6,8-9H2,1H3. The zero-order valence-corrected chi connectivity index (χ0v) is 11.1. The van der Waals surface area contributed by atoms with Crippen molar-refractivity contribution < 1.29 is 9.52 Å². The maximum absolute atomic E-state index is 11.0. The van der Waals surface area contributed by atoms with Crippen molar-refractivity contribution >= 4 is 11.0 Å². The highest BCUT2D eigenvalue weighted by molar-refractivity contribution is 5.81. The fourth-order valence-electron chi connectivity index (χ4n) is 3.76. The molecule has 0 saturated carbocycles. The molecule has 2 N–H and O–H groups in total. The van der Waals surface area contributed by atoms with Crippen LogP contribution in [0.2, 0.25) is 0 Å². The Balaban J connectivity index is 1.79. The number of aryl methyl sites for hydroxylation is 1. The van der Waals surface area contributed by atoms with E-state index in [4.69, 9.17) is 4.42 Å². The second kappa shape index (κ2) is 3.84. The van der Waals surface area contributed by atoms with Crippen molar-refractivity contribution in [2.45, 2.75) is 50.3 Å². The van der Waals surface area contributed by atoms with E-state index in [1.165, 1.54) is 12.8 Å². The van der Waals surface area contributed by atoms with E-state index in [1.54, 1.807) is 0 Å². The quantitative estimate of drug-likeness (QED) is 0.825. The Hall–Kier alpha value is -1.32. The van der Waals surface area contributed by atoms with Gasteiger partial charge >= 0.3 is 0 Å². The predicted molar refractivity (Wildman–Crippen MR) is 74.0 cm³/mol. The molecule has 2 bridgehead atoms. The summed E-state index contributed by atoms with van der Waals surface area (Å²) >= 11 is 0. The summed E-state index contributed by atoms with van der Waals surface area (Å²) in [6, 6.07) is 9.04. The number of piperidine rings is 1. The second-order valence-electron chi connectivity index (χ2n) is 6.18. The number of hydrogen-bond donors (Lipinski definition) is 2. The van der Waals surface area contributed by atoms with Crippen molar-refractivity contribution in [3.63, 3.8) is 0 Å². The van der Waals surface area contributed by atoms with Crippen molar-refractivity contribution in [2.75, 3.05) is 0 Å². The molecule has 2 aliphatic rings. The normalized spacial score (nSPS) is 34.0. The minimum Gasteiger partial charge on any atom is -0.458 e. The van der Waals surface area contributed by atoms with Crippen LogP contribution in [0.3, 0.4) is 0 Å². The van der Waals surface area contributed by atoms with Gasteiger partial charge in [-0.2, -0.15) is 0 Å². The van der Waals surface area contributed by atoms with Gasteiger partial charge in [0.25, 0.3) is 0 Å². The number of aliphatic hydroxyl groups is 1. The molecule has 2 atom stereocenters. The lowest BCUT2D eigenvalue weighted by molar-refractivity contribution is -0.0285. The van der Waals surface area contributed by atoms with Gasteiger partial charge in [0.05, 0.1) is 0 Å². The Labute approximate surface area is 112 Å². The van der Waals surface area contributed by atoms with Gasteiger partial charge in [-0.1, -0.05) is 18.2 Å². The average molecular weight is 257 g/mol. The fraction of sp³-hybridized carbons (Fsp3) is 0.500. The maximum atomic E-state index is 11.0. The Morgan fingerprint density at radius 3 is 2.68 bits per heavy atom. The van der Waals surface area contributed by atoms with Gasteiger partial charge < -0.3 is 14.8 Å². The number of hydrogen-bond acceptors (Lipinski definition) is 3. The molecule has 3 nitrogen and oxygen atoms in total. The second-order valence-corrected chi connectivity index (χ2v) is 6.18. The first-order chi connectivity index (χ1) is 9.14. The van der Waals surface area contributed by atoms with Gasteiger partial charge in [-0.3, -0.25) is 0 Å². The van der Waals surface area contributed by atoms with Crippen molar-refractivity contribution in [2.24, 2.45) is 0 Å². The summed E-state index contributed by atoms with van der Waals surface area (Å²) < 4.78 is 5.99. The number of para-hydroxylation sites is 1. The number of nitrogens with one attached hydrogen (secondary N) is 1. The molecule has 100 valence electrons. The smallest absolute Gasteiger partial charge is 0.137 e. The molecule has 2 unspecified atom stereocenters. The van der Waals surface area contributed by atoms with Gasteiger partial charge in [-0.05, 0) is 44.2 Å². The number of rotatable bonds is 1. The lowest BCUT2D eigenvalue weighted by Crippen LogP contribution is -2.46. The lowest BCUT2D eigenvalue weighted by atomic mass is 9.85. The topological polar surface area (TPSA) is 45.4 Å². The summed E-state index contributed by atoms with van der Waals surface area (Å²) in [6.07, 6.45) is 3.88. The van der Waals surface area contributed by atoms with Crippen LogP contribution in [0, 0.1) is 6.92 Å². The molecule has 3 heterocycles. The molecular formula is C16H19NO2. The average Bonchev–Trinajstić information content (AvgIpc) is 2.95. The fourth-order valence-corrected chi connectivity index (χ4v) is 3.76. The van der Waals surface area contributed by atoms with E-state index < -0.39 is 5.60 Å². The predicted octanol–water partition coefficient (Wildman–Crippen LogP) is 2.84. The van der Waals surface area contributed by atoms with E-state index in [2.05, 4.69) is 5.32 Å². The molecule has 3 heteroatoms. The van der Waals surface area contributed by atoms with Crippen LogP contribution in [-0.2, 0) is 5.60 Å². The Bertz CT molecular complexity index is 619. The van der Waals surface area contributed by atoms with E-state index >= 15 is 0 Å². The van der Waals surface area contributed by atoms with Gasteiger partial charge in [-0.15, -0.1) is 0 Å². The van der Waals surface area contributed by atoms with Crippen molar-refractivity contribution in [1.82, 2.24) is 5.32 Å². The number of fused-ring (bicyclic) bond motifs is 3. The summed E-state index contributed by atoms with van der Waals surface area (Å²) in [5.41, 5.74) is 1.25. The van der Waals surface area contributed by atoms with Gasteiger partial charge in [-0.25, -0.2) is 0 Å². The minimum atomic E-state index is -0.789. The number of furan rings is 1. The van der Waals surface area contributed by atoms with E-state index in [1.807, 2.05) is 31.2 Å². The first-order valence-corrected chi connectivity index (χ1v) is 7.12. The van der Waals surface area contributed by atoms with Crippen LogP contribution in [-0.4, -0.2) is 17.2 Å². The first kappa shape index (κ1) is 11.5. The minimum absolute atomic E-state index is 0.443. The van der Waals surface area contributed by atoms with Crippen LogP contribution >= 0.6 is 0 Å². The third kappa shape index (κ3) is 1.72. The monoisotopic (exact) mass is 257 g/mol. The van der Waals surface area contributed by atoms with Crippen LogP contribution in [0.5, 0.6) is 0 Å². The molecule has 0 amide bonds. The summed E-state index contributed by atoms with van der Waals surface area (Å²) in [7, 11) is 0. The van der Waals surface area contributed by atoms with E-state index in [0.717, 1.165) is 35.1 Å². The van der Waals surface area contributed by atoms with Crippen LogP contribution in [0.4, 0.5) is 0 Å². The zero-order chi connectivity index (χ0) is 13.0. The van der Waals surface area contributed by atoms with Crippen LogP contribution in [0.1, 0.15) is 37.0 Å². The molecule has 2 saturated heterocycles. The maximum Gasteiger partial charge on any atom is 0.137 e. The van der Waals surface area contributed by atoms with Gasteiger partial charge in [0.1, 0.15) is 16.9 Å². The van der Waals surface area contributed by atoms with E-state index in [-0.39, 0.29) is 0 Å². The highest BCUT2D eigenvalue weighted by Gasteiger charge is 2.45. The summed E-state index contributed by atoms with van der Waals surface area (Å²) in [5.74, 6) is 0.746. The third-order valence-corrected chi connectivity index (χ3v) is 4.70. The first-order valence-electron chi connectivity index (χ1n) is 7.12. The van der Waals surface area contributed by atoms with E-state index in [9.17, 15) is 5.11 Å². The summed E-state index contributed by atoms with van der Waals surface area (Å²) in [5, 5.41) is 15.6. The van der Waals surface area contributed by atoms with Crippen molar-refractivity contribution in [1.29, 1.82) is 0 Å². The third-order valence-electron chi connectivity index (χ3n) is 4.70. The highest BCUT2D eigenvalue weighted by Crippen LogP contribution is 2.42. The van der Waals surface area contributed by atoms with Gasteiger partial charge in [0.2, 0.25) is 0 Å². The molecule has 0 radical (unpaired) electrons. The van der Waals surface area contributed by atoms with E-state index in [0.29, 0.717) is 12.1 Å². The molecule has 2 fully saturated rings. The summed E-state index contributed by atoms with van der Waals surface area (Å²) in [4.78, 5) is 0. The molecule has 1 aromatic heterocycles. The Morgan fingerprint density at radius 2 is 2.00 bits per heavy atom. The van der Waals surface area contributed by atoms with Crippen LogP contribution in [0.15, 0.2) is 28.7 Å². The Morgan fingerprint density at radius 1 is 1.26 bits per heavy atom. The zero-order valence-electron chi connectivity index (χ0n) is 11.1. The number of benzene rings is 1. The molecule has 4 rings (SSSR count). The molecular weight excluding hydrogens is 238 g/mol. The molecule has 0 aliphatic carbocycles. The van der Waals surface area contributed by atoms with Crippen molar-refractivity contribution in [3.8, 4) is 0 Å². The van der Waals surface area contributed by atoms with Crippen molar-refractivity contribution in [3.05, 3.63) is 35.6 Å². The highest BCUT2D eigenvalue weighted by atomic mass is 16.4. The molecule has 19 heavy (non-hydrogen) atoms. The summed E-state index contributed by atoms with van der Waals surface area (Å²) in [6.45, 7) is 2.05. The molecule has 0 spiro atoms. The lowest BCUT2D eigenvalue weighted by Gasteiger charge is -2.35. The largest absolute Gasteiger partial charge is 0.458 e. The SMILES string of the molecule is Cc1cccc2cc(C3(O)CC4CCC(C3)N4)oc12. The Kier molecular flexibility index (Phi) is 2.32.